The fraction of sp³-hybridized carbons (Fsp3) is 0.500. The standard InChI is InChI=1S/C12H16FN/c1-8-5-12(14-7-8)10-3-4-11(13)9(2)6-10/h3-4,6,8,12,14H,5,7H2,1-2H3. The number of benzene rings is 1. The molecule has 2 atom stereocenters. The van der Waals surface area contributed by atoms with Gasteiger partial charge in [0.05, 0.1) is 0 Å². The van der Waals surface area contributed by atoms with Gasteiger partial charge in [0.25, 0.3) is 0 Å². The van der Waals surface area contributed by atoms with E-state index in [1.54, 1.807) is 6.07 Å². The van der Waals surface area contributed by atoms with E-state index in [-0.39, 0.29) is 5.82 Å². The molecule has 0 spiro atoms. The van der Waals surface area contributed by atoms with Crippen molar-refractivity contribution in [3.05, 3.63) is 35.1 Å². The third-order valence-electron chi connectivity index (χ3n) is 2.94. The molecule has 0 radical (unpaired) electrons. The summed E-state index contributed by atoms with van der Waals surface area (Å²) in [6, 6.07) is 5.82. The molecule has 1 fully saturated rings. The predicted molar refractivity (Wildman–Crippen MR) is 55.7 cm³/mol. The Hall–Kier alpha value is -0.890. The summed E-state index contributed by atoms with van der Waals surface area (Å²) in [4.78, 5) is 0. The zero-order valence-electron chi connectivity index (χ0n) is 8.68. The molecule has 0 aromatic heterocycles. The van der Waals surface area contributed by atoms with Crippen LogP contribution in [0.2, 0.25) is 0 Å². The molecule has 76 valence electrons. The van der Waals surface area contributed by atoms with Gasteiger partial charge in [-0.3, -0.25) is 0 Å². The Balaban J connectivity index is 2.20. The summed E-state index contributed by atoms with van der Waals surface area (Å²) < 4.78 is 13.0. The monoisotopic (exact) mass is 193 g/mol. The van der Waals surface area contributed by atoms with Gasteiger partial charge >= 0.3 is 0 Å². The van der Waals surface area contributed by atoms with Crippen LogP contribution in [0.3, 0.4) is 0 Å². The summed E-state index contributed by atoms with van der Waals surface area (Å²) in [7, 11) is 0. The Bertz CT molecular complexity index is 335. The first-order valence-electron chi connectivity index (χ1n) is 5.16. The van der Waals surface area contributed by atoms with Crippen LogP contribution >= 0.6 is 0 Å². The van der Waals surface area contributed by atoms with Gasteiger partial charge in [-0.25, -0.2) is 4.39 Å². The first kappa shape index (κ1) is 9.66. The van der Waals surface area contributed by atoms with Crippen LogP contribution in [0.5, 0.6) is 0 Å². The van der Waals surface area contributed by atoms with E-state index in [0.29, 0.717) is 6.04 Å². The topological polar surface area (TPSA) is 12.0 Å². The van der Waals surface area contributed by atoms with E-state index in [9.17, 15) is 4.39 Å². The highest BCUT2D eigenvalue weighted by molar-refractivity contribution is 5.27. The van der Waals surface area contributed by atoms with Gasteiger partial charge in [-0.1, -0.05) is 19.1 Å². The van der Waals surface area contributed by atoms with Crippen molar-refractivity contribution in [3.8, 4) is 0 Å². The lowest BCUT2D eigenvalue weighted by atomic mass is 10.00. The van der Waals surface area contributed by atoms with E-state index in [0.717, 1.165) is 24.4 Å². The quantitative estimate of drug-likeness (QED) is 0.723. The van der Waals surface area contributed by atoms with E-state index in [2.05, 4.69) is 12.2 Å². The molecule has 0 amide bonds. The molecule has 0 bridgehead atoms. The molecule has 0 saturated carbocycles. The zero-order chi connectivity index (χ0) is 10.1. The third-order valence-corrected chi connectivity index (χ3v) is 2.94. The second kappa shape index (κ2) is 3.70. The SMILES string of the molecule is Cc1cc(C2CC(C)CN2)ccc1F. The fourth-order valence-corrected chi connectivity index (χ4v) is 2.05. The van der Waals surface area contributed by atoms with Crippen LogP contribution < -0.4 is 5.32 Å². The van der Waals surface area contributed by atoms with Crippen LogP contribution in [-0.4, -0.2) is 6.54 Å². The van der Waals surface area contributed by atoms with Crippen LogP contribution in [0, 0.1) is 18.7 Å². The van der Waals surface area contributed by atoms with Crippen LogP contribution in [-0.2, 0) is 0 Å². The van der Waals surface area contributed by atoms with Gasteiger partial charge in [0.15, 0.2) is 0 Å². The molecule has 2 heteroatoms. The van der Waals surface area contributed by atoms with Gasteiger partial charge in [0.1, 0.15) is 5.82 Å². The molecular formula is C12H16FN. The Labute approximate surface area is 84.3 Å². The minimum absolute atomic E-state index is 0.111. The molecule has 2 rings (SSSR count). The molecule has 1 aromatic carbocycles. The van der Waals surface area contributed by atoms with Crippen LogP contribution in [0.15, 0.2) is 18.2 Å². The molecule has 1 aliphatic rings. The lowest BCUT2D eigenvalue weighted by Crippen LogP contribution is -2.13. The third kappa shape index (κ3) is 1.80. The summed E-state index contributed by atoms with van der Waals surface area (Å²) >= 11 is 0. The Morgan fingerprint density at radius 2 is 2.21 bits per heavy atom. The van der Waals surface area contributed by atoms with Crippen LogP contribution in [0.4, 0.5) is 4.39 Å². The molecule has 1 heterocycles. The molecule has 1 N–H and O–H groups in total. The van der Waals surface area contributed by atoms with Gasteiger partial charge in [-0.05, 0) is 43.0 Å². The molecular weight excluding hydrogens is 177 g/mol. The van der Waals surface area contributed by atoms with Crippen molar-refractivity contribution in [2.24, 2.45) is 5.92 Å². The second-order valence-electron chi connectivity index (χ2n) is 4.31. The molecule has 1 nitrogen and oxygen atoms in total. The Morgan fingerprint density at radius 3 is 2.79 bits per heavy atom. The Kier molecular flexibility index (Phi) is 2.55. The van der Waals surface area contributed by atoms with Crippen LogP contribution in [0.1, 0.15) is 30.5 Å². The summed E-state index contributed by atoms with van der Waals surface area (Å²) in [6.07, 6.45) is 1.16. The number of aryl methyl sites for hydroxylation is 1. The lowest BCUT2D eigenvalue weighted by molar-refractivity contribution is 0.599. The van der Waals surface area contributed by atoms with Gasteiger partial charge in [-0.2, -0.15) is 0 Å². The maximum absolute atomic E-state index is 13.0. The number of hydrogen-bond donors (Lipinski definition) is 1. The minimum atomic E-state index is -0.111. The highest BCUT2D eigenvalue weighted by Crippen LogP contribution is 2.27. The van der Waals surface area contributed by atoms with E-state index in [1.165, 1.54) is 5.56 Å². The predicted octanol–water partition coefficient (Wildman–Crippen LogP) is 2.80. The van der Waals surface area contributed by atoms with Gasteiger partial charge < -0.3 is 5.32 Å². The van der Waals surface area contributed by atoms with Gasteiger partial charge in [0, 0.05) is 6.04 Å². The van der Waals surface area contributed by atoms with Gasteiger partial charge in [-0.15, -0.1) is 0 Å². The first-order chi connectivity index (χ1) is 6.66. The van der Waals surface area contributed by atoms with E-state index >= 15 is 0 Å². The summed E-state index contributed by atoms with van der Waals surface area (Å²) in [6.45, 7) is 5.13. The fourth-order valence-electron chi connectivity index (χ4n) is 2.05. The van der Waals surface area contributed by atoms with E-state index < -0.39 is 0 Å². The van der Waals surface area contributed by atoms with E-state index in [1.807, 2.05) is 19.1 Å². The molecule has 1 aromatic rings. The van der Waals surface area contributed by atoms with Crippen molar-refractivity contribution in [3.63, 3.8) is 0 Å². The van der Waals surface area contributed by atoms with Crippen molar-refractivity contribution in [2.75, 3.05) is 6.54 Å². The highest BCUT2D eigenvalue weighted by atomic mass is 19.1. The molecule has 0 aliphatic carbocycles. The highest BCUT2D eigenvalue weighted by Gasteiger charge is 2.21. The maximum atomic E-state index is 13.0. The summed E-state index contributed by atoms with van der Waals surface area (Å²) in [5.74, 6) is 0.616. The van der Waals surface area contributed by atoms with Crippen molar-refractivity contribution >= 4 is 0 Å². The largest absolute Gasteiger partial charge is 0.310 e. The number of hydrogen-bond acceptors (Lipinski definition) is 1. The maximum Gasteiger partial charge on any atom is 0.126 e. The zero-order valence-corrected chi connectivity index (χ0v) is 8.68. The summed E-state index contributed by atoms with van der Waals surface area (Å²) in [5, 5.41) is 3.45. The molecule has 1 saturated heterocycles. The smallest absolute Gasteiger partial charge is 0.126 e. The van der Waals surface area contributed by atoms with Crippen molar-refractivity contribution in [1.29, 1.82) is 0 Å². The summed E-state index contributed by atoms with van der Waals surface area (Å²) in [5.41, 5.74) is 1.96. The Morgan fingerprint density at radius 1 is 1.43 bits per heavy atom. The van der Waals surface area contributed by atoms with E-state index in [4.69, 9.17) is 0 Å². The number of rotatable bonds is 1. The molecule has 2 unspecified atom stereocenters. The number of nitrogens with one attached hydrogen (secondary N) is 1. The van der Waals surface area contributed by atoms with Gasteiger partial charge in [0.2, 0.25) is 0 Å². The average Bonchev–Trinajstić information content (AvgIpc) is 2.57. The minimum Gasteiger partial charge on any atom is -0.310 e. The normalized spacial score (nSPS) is 26.8. The molecule has 14 heavy (non-hydrogen) atoms. The van der Waals surface area contributed by atoms with Crippen molar-refractivity contribution < 1.29 is 4.39 Å². The van der Waals surface area contributed by atoms with Crippen molar-refractivity contribution in [1.82, 2.24) is 5.32 Å². The average molecular weight is 193 g/mol. The molecule has 1 aliphatic heterocycles. The first-order valence-corrected chi connectivity index (χ1v) is 5.16. The lowest BCUT2D eigenvalue weighted by Gasteiger charge is -2.11. The second-order valence-corrected chi connectivity index (χ2v) is 4.31. The van der Waals surface area contributed by atoms with Crippen LogP contribution in [0.25, 0.3) is 0 Å². The van der Waals surface area contributed by atoms with Crippen molar-refractivity contribution in [2.45, 2.75) is 26.3 Å². The number of halogens is 1.